The first-order chi connectivity index (χ1) is 7.54. The van der Waals surface area contributed by atoms with Crippen molar-refractivity contribution in [3.05, 3.63) is 18.0 Å². The molecule has 0 aliphatic heterocycles. The van der Waals surface area contributed by atoms with Gasteiger partial charge in [-0.1, -0.05) is 0 Å². The van der Waals surface area contributed by atoms with Gasteiger partial charge in [0.25, 0.3) is 0 Å². The molecule has 1 unspecified atom stereocenters. The van der Waals surface area contributed by atoms with Gasteiger partial charge in [0.15, 0.2) is 0 Å². The number of hydrogen-bond donors (Lipinski definition) is 1. The van der Waals surface area contributed by atoms with E-state index in [4.69, 9.17) is 10.4 Å². The van der Waals surface area contributed by atoms with Crippen molar-refractivity contribution in [1.82, 2.24) is 9.97 Å². The molecule has 6 nitrogen and oxygen atoms in total. The summed E-state index contributed by atoms with van der Waals surface area (Å²) in [4.78, 5) is 20.1. The fourth-order valence-electron chi connectivity index (χ4n) is 1.16. The van der Waals surface area contributed by atoms with Gasteiger partial charge in [0.1, 0.15) is 0 Å². The number of carbonyl (C=O) groups is 1. The van der Waals surface area contributed by atoms with E-state index in [9.17, 15) is 4.79 Å². The van der Waals surface area contributed by atoms with Gasteiger partial charge in [-0.2, -0.15) is 5.26 Å². The predicted octanol–water partition coefficient (Wildman–Crippen LogP) is 0.771. The van der Waals surface area contributed by atoms with Gasteiger partial charge in [0.2, 0.25) is 5.95 Å². The average molecular weight is 220 g/mol. The van der Waals surface area contributed by atoms with Crippen molar-refractivity contribution in [3.63, 3.8) is 0 Å². The normalized spacial score (nSPS) is 11.6. The predicted molar refractivity (Wildman–Crippen MR) is 57.0 cm³/mol. The lowest BCUT2D eigenvalue weighted by Crippen LogP contribution is -2.25. The molecule has 0 aromatic carbocycles. The molecule has 0 bridgehead atoms. The Balaban J connectivity index is 2.74. The lowest BCUT2D eigenvalue weighted by Gasteiger charge is -2.17. The fraction of sp³-hybridized carbons (Fsp3) is 0.400. The van der Waals surface area contributed by atoms with Crippen molar-refractivity contribution in [3.8, 4) is 6.07 Å². The molecule has 84 valence electrons. The van der Waals surface area contributed by atoms with Gasteiger partial charge >= 0.3 is 5.97 Å². The van der Waals surface area contributed by atoms with Gasteiger partial charge in [-0.05, 0) is 6.92 Å². The number of nitriles is 1. The number of carboxylic acids is 1. The van der Waals surface area contributed by atoms with E-state index in [1.54, 1.807) is 18.9 Å². The Labute approximate surface area is 93.2 Å². The summed E-state index contributed by atoms with van der Waals surface area (Å²) in [5.41, 5.74) is 0.0467. The van der Waals surface area contributed by atoms with E-state index in [0.29, 0.717) is 12.5 Å². The molecule has 1 aromatic heterocycles. The van der Waals surface area contributed by atoms with Crippen LogP contribution in [-0.4, -0.2) is 34.6 Å². The van der Waals surface area contributed by atoms with Crippen LogP contribution < -0.4 is 4.90 Å². The van der Waals surface area contributed by atoms with E-state index >= 15 is 0 Å². The summed E-state index contributed by atoms with van der Waals surface area (Å²) in [5.74, 6) is -0.778. The number of aromatic nitrogens is 2. The molecule has 0 aliphatic rings. The van der Waals surface area contributed by atoms with Crippen LogP contribution in [-0.2, 0) is 0 Å². The van der Waals surface area contributed by atoms with Crippen molar-refractivity contribution in [1.29, 1.82) is 5.26 Å². The minimum atomic E-state index is -1.06. The first-order valence-corrected chi connectivity index (χ1v) is 4.70. The van der Waals surface area contributed by atoms with Gasteiger partial charge in [-0.25, -0.2) is 14.8 Å². The molecule has 1 rings (SSSR count). The molecule has 1 aromatic rings. The summed E-state index contributed by atoms with van der Waals surface area (Å²) in [7, 11) is 1.75. The quantitative estimate of drug-likeness (QED) is 0.806. The highest BCUT2D eigenvalue weighted by molar-refractivity contribution is 5.86. The molecule has 0 aliphatic carbocycles. The second kappa shape index (κ2) is 5.07. The van der Waals surface area contributed by atoms with Crippen LogP contribution in [0.2, 0.25) is 0 Å². The van der Waals surface area contributed by atoms with Crippen LogP contribution in [0, 0.1) is 17.2 Å². The van der Waals surface area contributed by atoms with Gasteiger partial charge in [0, 0.05) is 26.0 Å². The summed E-state index contributed by atoms with van der Waals surface area (Å²) in [5, 5.41) is 17.3. The van der Waals surface area contributed by atoms with Crippen molar-refractivity contribution in [2.24, 2.45) is 5.92 Å². The minimum absolute atomic E-state index is 0.0467. The van der Waals surface area contributed by atoms with E-state index in [1.165, 1.54) is 12.4 Å². The SMILES string of the molecule is CC(C#N)CN(C)c1ncc(C(=O)O)cn1. The third-order valence-electron chi connectivity index (χ3n) is 1.99. The number of rotatable bonds is 4. The Kier molecular flexibility index (Phi) is 3.78. The minimum Gasteiger partial charge on any atom is -0.478 e. The maximum Gasteiger partial charge on any atom is 0.338 e. The lowest BCUT2D eigenvalue weighted by molar-refractivity contribution is 0.0696. The number of carboxylic acid groups (broad SMARTS) is 1. The third kappa shape index (κ3) is 2.92. The van der Waals surface area contributed by atoms with Crippen molar-refractivity contribution in [2.45, 2.75) is 6.92 Å². The zero-order valence-electron chi connectivity index (χ0n) is 9.08. The number of aromatic carboxylic acids is 1. The van der Waals surface area contributed by atoms with Crippen molar-refractivity contribution >= 4 is 11.9 Å². The summed E-state index contributed by atoms with van der Waals surface area (Å²) < 4.78 is 0. The number of nitrogens with zero attached hydrogens (tertiary/aromatic N) is 4. The van der Waals surface area contributed by atoms with Crippen LogP contribution in [0.1, 0.15) is 17.3 Å². The van der Waals surface area contributed by atoms with Crippen molar-refractivity contribution < 1.29 is 9.90 Å². The smallest absolute Gasteiger partial charge is 0.338 e. The fourth-order valence-corrected chi connectivity index (χ4v) is 1.16. The molecule has 1 N–H and O–H groups in total. The summed E-state index contributed by atoms with van der Waals surface area (Å²) in [6, 6.07) is 2.10. The van der Waals surface area contributed by atoms with E-state index in [-0.39, 0.29) is 11.5 Å². The third-order valence-corrected chi connectivity index (χ3v) is 1.99. The first kappa shape index (κ1) is 11.9. The standard InChI is InChI=1S/C10H12N4O2/c1-7(3-11)6-14(2)10-12-4-8(5-13-10)9(15)16/h4-5,7H,6H2,1-2H3,(H,15,16). The molecule has 0 saturated heterocycles. The first-order valence-electron chi connectivity index (χ1n) is 4.70. The maximum atomic E-state index is 10.6. The zero-order chi connectivity index (χ0) is 12.1. The molecule has 0 saturated carbocycles. The Hall–Kier alpha value is -2.16. The van der Waals surface area contributed by atoms with Crippen LogP contribution in [0.5, 0.6) is 0 Å². The van der Waals surface area contributed by atoms with E-state index in [0.717, 1.165) is 0 Å². The van der Waals surface area contributed by atoms with Crippen LogP contribution in [0.15, 0.2) is 12.4 Å². The van der Waals surface area contributed by atoms with Crippen LogP contribution >= 0.6 is 0 Å². The second-order valence-corrected chi connectivity index (χ2v) is 3.49. The highest BCUT2D eigenvalue weighted by Gasteiger charge is 2.10. The molecule has 6 heteroatoms. The summed E-state index contributed by atoms with van der Waals surface area (Å²) in [6.07, 6.45) is 2.50. The van der Waals surface area contributed by atoms with E-state index < -0.39 is 5.97 Å². The molecule has 0 spiro atoms. The van der Waals surface area contributed by atoms with Gasteiger partial charge < -0.3 is 10.0 Å². The number of anilines is 1. The van der Waals surface area contributed by atoms with Crippen LogP contribution in [0.3, 0.4) is 0 Å². The maximum absolute atomic E-state index is 10.6. The molecule has 0 radical (unpaired) electrons. The highest BCUT2D eigenvalue weighted by Crippen LogP contribution is 2.07. The molecule has 0 fully saturated rings. The van der Waals surface area contributed by atoms with Gasteiger partial charge in [-0.3, -0.25) is 0 Å². The largest absolute Gasteiger partial charge is 0.478 e. The molecule has 0 amide bonds. The zero-order valence-corrected chi connectivity index (χ0v) is 9.08. The molecular formula is C10H12N4O2. The molecule has 16 heavy (non-hydrogen) atoms. The molecular weight excluding hydrogens is 208 g/mol. The van der Waals surface area contributed by atoms with E-state index in [2.05, 4.69) is 16.0 Å². The number of hydrogen-bond acceptors (Lipinski definition) is 5. The summed E-state index contributed by atoms with van der Waals surface area (Å²) >= 11 is 0. The molecule has 1 atom stereocenters. The van der Waals surface area contributed by atoms with Crippen molar-refractivity contribution in [2.75, 3.05) is 18.5 Å². The lowest BCUT2D eigenvalue weighted by atomic mass is 10.2. The monoisotopic (exact) mass is 220 g/mol. The second-order valence-electron chi connectivity index (χ2n) is 3.49. The van der Waals surface area contributed by atoms with Crippen LogP contribution in [0.25, 0.3) is 0 Å². The Bertz CT molecular complexity index is 410. The average Bonchev–Trinajstić information content (AvgIpc) is 2.28. The van der Waals surface area contributed by atoms with E-state index in [1.807, 2.05) is 0 Å². The Morgan fingerprint density at radius 3 is 2.62 bits per heavy atom. The Morgan fingerprint density at radius 2 is 2.19 bits per heavy atom. The summed E-state index contributed by atoms with van der Waals surface area (Å²) in [6.45, 7) is 2.30. The van der Waals surface area contributed by atoms with Gasteiger partial charge in [-0.15, -0.1) is 0 Å². The topological polar surface area (TPSA) is 90.1 Å². The van der Waals surface area contributed by atoms with Crippen LogP contribution in [0.4, 0.5) is 5.95 Å². The highest BCUT2D eigenvalue weighted by atomic mass is 16.4. The Morgan fingerprint density at radius 1 is 1.62 bits per heavy atom. The van der Waals surface area contributed by atoms with Gasteiger partial charge in [0.05, 0.1) is 17.6 Å². The molecule has 1 heterocycles.